The minimum absolute atomic E-state index is 0.00863. The number of carbonyl (C=O) groups is 5. The lowest BCUT2D eigenvalue weighted by Crippen LogP contribution is -2.66. The topological polar surface area (TPSA) is 162 Å². The average molecular weight is 850 g/mol. The molecule has 0 aromatic heterocycles. The highest BCUT2D eigenvalue weighted by Crippen LogP contribution is 2.77. The third-order valence-corrected chi connectivity index (χ3v) is 19.5. The molecule has 11 nitrogen and oxygen atoms in total. The highest BCUT2D eigenvalue weighted by atomic mass is 16.5. The van der Waals surface area contributed by atoms with E-state index in [1.807, 2.05) is 13.8 Å². The summed E-state index contributed by atoms with van der Waals surface area (Å²) in [5.41, 5.74) is -0.865. The highest BCUT2D eigenvalue weighted by Gasteiger charge is 2.71. The number of piperidine rings is 1. The summed E-state index contributed by atoms with van der Waals surface area (Å²) in [6.45, 7) is 25.5. The fourth-order valence-corrected chi connectivity index (χ4v) is 15.6. The van der Waals surface area contributed by atoms with Crippen molar-refractivity contribution in [2.45, 2.75) is 177 Å². The third kappa shape index (κ3) is 7.24. The molecule has 1 aliphatic heterocycles. The largest absolute Gasteiger partial charge is 0.481 e. The van der Waals surface area contributed by atoms with Crippen LogP contribution in [0, 0.1) is 68.0 Å². The number of likely N-dealkylation sites (tertiary alicyclic amines) is 1. The summed E-state index contributed by atoms with van der Waals surface area (Å²) in [5, 5.41) is 28.0. The Bertz CT molecular complexity index is 1830. The molecule has 2 amide bonds. The number of aliphatic carboxylic acids is 1. The van der Waals surface area contributed by atoms with E-state index in [2.05, 4.69) is 64.0 Å². The number of esters is 1. The number of rotatable bonds is 11. The first-order chi connectivity index (χ1) is 28.3. The number of nitrogens with zero attached hydrogens (tertiary/aromatic N) is 1. The number of ketones is 1. The number of fused-ring (bicyclic) bond motifs is 7. The molecule has 1 heterocycles. The van der Waals surface area contributed by atoms with Crippen LogP contribution in [0.3, 0.4) is 0 Å². The van der Waals surface area contributed by atoms with Crippen LogP contribution in [0.2, 0.25) is 0 Å². The molecule has 1 saturated heterocycles. The Morgan fingerprint density at radius 3 is 2.13 bits per heavy atom. The average Bonchev–Trinajstić information content (AvgIpc) is 3.47. The first-order valence-electron chi connectivity index (χ1n) is 24.0. The molecule has 7 aliphatic rings. The molecule has 0 aromatic rings. The molecule has 0 radical (unpaired) electrons. The molecule has 0 aromatic carbocycles. The van der Waals surface area contributed by atoms with E-state index in [-0.39, 0.29) is 82.7 Å². The second-order valence-electron chi connectivity index (χ2n) is 23.9. The number of amides is 2. The van der Waals surface area contributed by atoms with E-state index >= 15 is 0 Å². The molecular weight excluding hydrogens is 771 g/mol. The van der Waals surface area contributed by atoms with Crippen LogP contribution < -0.4 is 10.6 Å². The molecule has 7 rings (SSSR count). The molecule has 0 bridgehead atoms. The normalized spacial score (nSPS) is 39.8. The smallest absolute Gasteiger partial charge is 0.309 e. The number of aliphatic hydroxyl groups excluding tert-OH is 1. The standard InChI is InChI=1S/C50H79N3O8/c1-29(2)39-33(54)26-50(36(55)27-51-43(60)46(7,8)52-38(56)28-53-23-13-12-14-24-53)22-21-48(10)30(40(39)50)15-16-35-47(9)19-18-37(45(5,6)34(47)17-20-49(35,48)11)61-42(59)32-25-31(41(57)58)44(32,3)4/h29-32,34-37,55H,12-28H2,1-11H3,(H,51,60)(H,52,56)(H,57,58)/t30-,31+,32-,34+,35-,36+,37+,47+,48-,49-,50+/m1/s1. The summed E-state index contributed by atoms with van der Waals surface area (Å²) in [4.78, 5) is 68.5. The zero-order valence-corrected chi connectivity index (χ0v) is 39.4. The summed E-state index contributed by atoms with van der Waals surface area (Å²) in [5.74, 6) is -1.50. The Hall–Kier alpha value is -2.79. The van der Waals surface area contributed by atoms with Gasteiger partial charge in [0.25, 0.3) is 0 Å². The van der Waals surface area contributed by atoms with Gasteiger partial charge in [-0.2, -0.15) is 0 Å². The number of allylic oxidation sites excluding steroid dienone is 1. The predicted octanol–water partition coefficient (Wildman–Crippen LogP) is 7.48. The van der Waals surface area contributed by atoms with Gasteiger partial charge in [0.15, 0.2) is 5.78 Å². The number of carbonyl (C=O) groups excluding carboxylic acids is 4. The van der Waals surface area contributed by atoms with Crippen molar-refractivity contribution >= 4 is 29.5 Å². The van der Waals surface area contributed by atoms with Gasteiger partial charge in [-0.3, -0.25) is 28.9 Å². The Morgan fingerprint density at radius 2 is 1.51 bits per heavy atom. The van der Waals surface area contributed by atoms with Gasteiger partial charge in [-0.05, 0) is 148 Å². The summed E-state index contributed by atoms with van der Waals surface area (Å²) in [6.07, 6.45) is 10.1. The highest BCUT2D eigenvalue weighted by molar-refractivity contribution is 6.01. The molecule has 0 unspecified atom stereocenters. The molecule has 0 spiro atoms. The predicted molar refractivity (Wildman–Crippen MR) is 234 cm³/mol. The Balaban J connectivity index is 1.08. The van der Waals surface area contributed by atoms with E-state index in [1.54, 1.807) is 13.8 Å². The van der Waals surface area contributed by atoms with E-state index < -0.39 is 40.3 Å². The molecular formula is C50H79N3O8. The summed E-state index contributed by atoms with van der Waals surface area (Å²) in [6, 6.07) is 0. The van der Waals surface area contributed by atoms with Crippen molar-refractivity contribution in [3.8, 4) is 0 Å². The maximum absolute atomic E-state index is 14.2. The van der Waals surface area contributed by atoms with Crippen molar-refractivity contribution in [3.63, 3.8) is 0 Å². The minimum atomic E-state index is -1.17. The number of hydrogen-bond donors (Lipinski definition) is 4. The first-order valence-corrected chi connectivity index (χ1v) is 24.0. The van der Waals surface area contributed by atoms with Crippen molar-refractivity contribution < 1.29 is 38.9 Å². The van der Waals surface area contributed by atoms with Crippen LogP contribution >= 0.6 is 0 Å². The van der Waals surface area contributed by atoms with E-state index in [9.17, 15) is 34.2 Å². The number of nitrogens with one attached hydrogen (secondary N) is 2. The number of aliphatic hydroxyl groups is 1. The Morgan fingerprint density at radius 1 is 0.836 bits per heavy atom. The van der Waals surface area contributed by atoms with Crippen LogP contribution in [0.5, 0.6) is 0 Å². The van der Waals surface area contributed by atoms with Gasteiger partial charge in [0.2, 0.25) is 11.8 Å². The van der Waals surface area contributed by atoms with Crippen molar-refractivity contribution in [1.29, 1.82) is 0 Å². The lowest BCUT2D eigenvalue weighted by atomic mass is 9.33. The quantitative estimate of drug-likeness (QED) is 0.155. The number of hydrogen-bond acceptors (Lipinski definition) is 8. The van der Waals surface area contributed by atoms with Crippen LogP contribution in [-0.4, -0.2) is 88.6 Å². The fraction of sp³-hybridized carbons (Fsp3) is 0.860. The monoisotopic (exact) mass is 850 g/mol. The SMILES string of the molecule is CC(C)C1=C2[C@H]3CC[C@@H]4[C@@]5(C)CC[C@H](OC(=O)[C@H]6C[C@@H](C(=O)O)C6(C)C)C(C)(C)[C@@H]5CC[C@@]4(C)[C@]3(C)CC[C@@]2([C@@H](O)CNC(=O)C(C)(C)NC(=O)CN2CCCCC2)CC1=O. The van der Waals surface area contributed by atoms with Crippen molar-refractivity contribution in [3.05, 3.63) is 11.1 Å². The van der Waals surface area contributed by atoms with Crippen molar-refractivity contribution in [1.82, 2.24) is 15.5 Å². The van der Waals surface area contributed by atoms with E-state index in [1.165, 1.54) is 6.42 Å². The van der Waals surface area contributed by atoms with Gasteiger partial charge >= 0.3 is 11.9 Å². The molecule has 342 valence electrons. The third-order valence-electron chi connectivity index (χ3n) is 19.5. The van der Waals surface area contributed by atoms with Gasteiger partial charge in [-0.15, -0.1) is 0 Å². The van der Waals surface area contributed by atoms with Gasteiger partial charge in [0.05, 0.1) is 24.5 Å². The molecule has 6 fully saturated rings. The number of carboxylic acid groups (broad SMARTS) is 1. The first kappa shape index (κ1) is 46.2. The zero-order chi connectivity index (χ0) is 44.9. The van der Waals surface area contributed by atoms with Crippen molar-refractivity contribution in [2.75, 3.05) is 26.2 Å². The van der Waals surface area contributed by atoms with Gasteiger partial charge in [-0.25, -0.2) is 0 Å². The number of Topliss-reactive ketones (excluding diaryl/α,β-unsaturated/α-hetero) is 1. The van der Waals surface area contributed by atoms with Crippen LogP contribution in [0.4, 0.5) is 0 Å². The minimum Gasteiger partial charge on any atom is -0.481 e. The van der Waals surface area contributed by atoms with E-state index in [0.717, 1.165) is 82.0 Å². The maximum atomic E-state index is 14.2. The zero-order valence-electron chi connectivity index (χ0n) is 39.4. The lowest BCUT2D eigenvalue weighted by molar-refractivity contribution is -0.238. The second-order valence-corrected chi connectivity index (χ2v) is 23.9. The van der Waals surface area contributed by atoms with Gasteiger partial charge in [0.1, 0.15) is 11.6 Å². The van der Waals surface area contributed by atoms with E-state index in [0.29, 0.717) is 24.7 Å². The Labute approximate surface area is 365 Å². The Kier molecular flexibility index (Phi) is 11.9. The van der Waals surface area contributed by atoms with E-state index in [4.69, 9.17) is 4.74 Å². The summed E-state index contributed by atoms with van der Waals surface area (Å²) >= 11 is 0. The second kappa shape index (κ2) is 15.7. The molecule has 11 atom stereocenters. The van der Waals surface area contributed by atoms with Crippen molar-refractivity contribution in [2.24, 2.45) is 68.0 Å². The van der Waals surface area contributed by atoms with Crippen LogP contribution in [0.25, 0.3) is 0 Å². The van der Waals surface area contributed by atoms with Gasteiger partial charge in [0, 0.05) is 23.8 Å². The van der Waals surface area contributed by atoms with Crippen LogP contribution in [0.1, 0.15) is 160 Å². The summed E-state index contributed by atoms with van der Waals surface area (Å²) in [7, 11) is 0. The summed E-state index contributed by atoms with van der Waals surface area (Å²) < 4.78 is 6.42. The number of carboxylic acids is 1. The number of ether oxygens (including phenoxy) is 1. The molecule has 61 heavy (non-hydrogen) atoms. The molecule has 5 saturated carbocycles. The van der Waals surface area contributed by atoms with Crippen LogP contribution in [-0.2, 0) is 28.7 Å². The fourth-order valence-electron chi connectivity index (χ4n) is 15.6. The molecule has 4 N–H and O–H groups in total. The maximum Gasteiger partial charge on any atom is 0.309 e. The molecule has 6 aliphatic carbocycles. The van der Waals surface area contributed by atoms with Crippen LogP contribution in [0.15, 0.2) is 11.1 Å². The lowest BCUT2D eigenvalue weighted by Gasteiger charge is -2.72. The van der Waals surface area contributed by atoms with Gasteiger partial charge in [-0.1, -0.05) is 74.3 Å². The molecule has 11 heteroatoms. The van der Waals surface area contributed by atoms with Gasteiger partial charge < -0.3 is 25.6 Å².